The second-order valence-corrected chi connectivity index (χ2v) is 12.5. The standard InChI is InChI=1S/C19H32O3Si/c1-14(2)23(15(3)4,16(5)6)22-18-11-10-17(9-8-12-20)13-19(18)21-7/h10-16H,8-9H2,1-7H3. The predicted molar refractivity (Wildman–Crippen MR) is 99.1 cm³/mol. The van der Waals surface area contributed by atoms with Gasteiger partial charge in [0.05, 0.1) is 7.11 Å². The van der Waals surface area contributed by atoms with E-state index in [4.69, 9.17) is 9.16 Å². The lowest BCUT2D eigenvalue weighted by molar-refractivity contribution is -0.107. The lowest BCUT2D eigenvalue weighted by Crippen LogP contribution is -2.50. The van der Waals surface area contributed by atoms with Crippen molar-refractivity contribution >= 4 is 14.6 Å². The van der Waals surface area contributed by atoms with Gasteiger partial charge in [-0.25, -0.2) is 0 Å². The summed E-state index contributed by atoms with van der Waals surface area (Å²) in [5.74, 6) is 1.61. The quantitative estimate of drug-likeness (QED) is 0.448. The summed E-state index contributed by atoms with van der Waals surface area (Å²) in [6, 6.07) is 6.05. The van der Waals surface area contributed by atoms with Gasteiger partial charge in [0.2, 0.25) is 0 Å². The van der Waals surface area contributed by atoms with E-state index >= 15 is 0 Å². The molecule has 130 valence electrons. The van der Waals surface area contributed by atoms with E-state index < -0.39 is 8.32 Å². The van der Waals surface area contributed by atoms with Gasteiger partial charge in [-0.3, -0.25) is 0 Å². The zero-order valence-electron chi connectivity index (χ0n) is 15.7. The largest absolute Gasteiger partial charge is 0.540 e. The minimum absolute atomic E-state index is 0.516. The smallest absolute Gasteiger partial charge is 0.258 e. The molecule has 0 saturated carbocycles. The van der Waals surface area contributed by atoms with Gasteiger partial charge in [0, 0.05) is 6.42 Å². The Bertz CT molecular complexity index is 488. The molecular weight excluding hydrogens is 304 g/mol. The number of hydrogen-bond donors (Lipinski definition) is 0. The molecule has 0 aliphatic rings. The highest BCUT2D eigenvalue weighted by Crippen LogP contribution is 2.44. The number of benzene rings is 1. The number of methoxy groups -OCH3 is 1. The Morgan fingerprint density at radius 2 is 1.57 bits per heavy atom. The lowest BCUT2D eigenvalue weighted by Gasteiger charge is -2.42. The summed E-state index contributed by atoms with van der Waals surface area (Å²) in [5, 5.41) is 0. The Morgan fingerprint density at radius 3 is 2.00 bits per heavy atom. The maximum absolute atomic E-state index is 10.6. The summed E-state index contributed by atoms with van der Waals surface area (Å²) in [5.41, 5.74) is 2.65. The highest BCUT2D eigenvalue weighted by atomic mass is 28.4. The van der Waals surface area contributed by atoms with Crippen molar-refractivity contribution in [3.8, 4) is 11.5 Å². The summed E-state index contributed by atoms with van der Waals surface area (Å²) in [7, 11) is -0.319. The molecule has 0 bridgehead atoms. The molecule has 0 aliphatic carbocycles. The summed E-state index contributed by atoms with van der Waals surface area (Å²) in [6.07, 6.45) is 2.22. The van der Waals surface area contributed by atoms with Crippen molar-refractivity contribution in [3.05, 3.63) is 23.8 Å². The van der Waals surface area contributed by atoms with Gasteiger partial charge < -0.3 is 14.0 Å². The minimum Gasteiger partial charge on any atom is -0.540 e. The Kier molecular flexibility index (Phi) is 7.32. The SMILES string of the molecule is COc1cc(CCC=O)ccc1O[Si](C(C)C)(C(C)C)C(C)C. The first-order valence-electron chi connectivity index (χ1n) is 8.59. The zero-order chi connectivity index (χ0) is 17.6. The van der Waals surface area contributed by atoms with Crippen molar-refractivity contribution in [2.75, 3.05) is 7.11 Å². The molecule has 1 aromatic carbocycles. The van der Waals surface area contributed by atoms with Crippen LogP contribution in [0, 0.1) is 0 Å². The van der Waals surface area contributed by atoms with E-state index in [2.05, 4.69) is 41.5 Å². The molecule has 1 aromatic rings. The van der Waals surface area contributed by atoms with Crippen LogP contribution in [0.3, 0.4) is 0 Å². The van der Waals surface area contributed by atoms with Crippen LogP contribution in [0.2, 0.25) is 16.6 Å². The topological polar surface area (TPSA) is 35.5 Å². The molecule has 0 spiro atoms. The Hall–Kier alpha value is -1.29. The van der Waals surface area contributed by atoms with E-state index in [1.165, 1.54) is 0 Å². The number of carbonyl (C=O) groups is 1. The van der Waals surface area contributed by atoms with Gasteiger partial charge in [-0.1, -0.05) is 47.6 Å². The second kappa shape index (κ2) is 8.53. The van der Waals surface area contributed by atoms with Crippen LogP contribution in [0.1, 0.15) is 53.5 Å². The van der Waals surface area contributed by atoms with Crippen LogP contribution < -0.4 is 9.16 Å². The average Bonchev–Trinajstić information content (AvgIpc) is 2.49. The third-order valence-corrected chi connectivity index (χ3v) is 10.8. The van der Waals surface area contributed by atoms with Crippen LogP contribution >= 0.6 is 0 Å². The fraction of sp³-hybridized carbons (Fsp3) is 0.632. The normalized spacial score (nSPS) is 12.1. The number of rotatable bonds is 9. The molecule has 0 atom stereocenters. The predicted octanol–water partition coefficient (Wildman–Crippen LogP) is 5.38. The maximum Gasteiger partial charge on any atom is 0.258 e. The fourth-order valence-corrected chi connectivity index (χ4v) is 8.98. The van der Waals surface area contributed by atoms with E-state index in [1.807, 2.05) is 18.2 Å². The molecule has 23 heavy (non-hydrogen) atoms. The fourth-order valence-electron chi connectivity index (χ4n) is 3.72. The van der Waals surface area contributed by atoms with Gasteiger partial charge >= 0.3 is 0 Å². The first kappa shape index (κ1) is 19.8. The van der Waals surface area contributed by atoms with Crippen molar-refractivity contribution in [2.45, 2.75) is 71.0 Å². The summed E-state index contributed by atoms with van der Waals surface area (Å²) in [6.45, 7) is 13.6. The van der Waals surface area contributed by atoms with Crippen LogP contribution in [-0.2, 0) is 11.2 Å². The number of hydrogen-bond acceptors (Lipinski definition) is 3. The monoisotopic (exact) mass is 336 g/mol. The molecule has 0 saturated heterocycles. The van der Waals surface area contributed by atoms with Gasteiger partial charge in [0.25, 0.3) is 8.32 Å². The molecule has 0 amide bonds. The first-order chi connectivity index (χ1) is 10.8. The molecule has 4 heteroatoms. The van der Waals surface area contributed by atoms with Gasteiger partial charge in [-0.15, -0.1) is 0 Å². The van der Waals surface area contributed by atoms with Gasteiger partial charge in [0.1, 0.15) is 12.0 Å². The van der Waals surface area contributed by atoms with Gasteiger partial charge in [0.15, 0.2) is 5.75 Å². The van der Waals surface area contributed by atoms with E-state index in [1.54, 1.807) is 7.11 Å². The van der Waals surface area contributed by atoms with Crippen molar-refractivity contribution < 1.29 is 14.0 Å². The highest BCUT2D eigenvalue weighted by Gasteiger charge is 2.47. The molecule has 1 rings (SSSR count). The molecule has 0 aliphatic heterocycles. The third-order valence-electron chi connectivity index (χ3n) is 4.77. The van der Waals surface area contributed by atoms with Crippen LogP contribution in [0.15, 0.2) is 18.2 Å². The van der Waals surface area contributed by atoms with Crippen molar-refractivity contribution in [3.63, 3.8) is 0 Å². The molecule has 3 nitrogen and oxygen atoms in total. The van der Waals surface area contributed by atoms with E-state index in [9.17, 15) is 4.79 Å². The van der Waals surface area contributed by atoms with E-state index in [0.717, 1.165) is 29.8 Å². The summed E-state index contributed by atoms with van der Waals surface area (Å²) in [4.78, 5) is 10.6. The second-order valence-electron chi connectivity index (χ2n) is 7.11. The van der Waals surface area contributed by atoms with Crippen molar-refractivity contribution in [1.29, 1.82) is 0 Å². The Morgan fingerprint density at radius 1 is 1.00 bits per heavy atom. The van der Waals surface area contributed by atoms with Crippen LogP contribution in [0.5, 0.6) is 11.5 Å². The van der Waals surface area contributed by atoms with Gasteiger partial charge in [-0.2, -0.15) is 0 Å². The Balaban J connectivity index is 3.20. The molecule has 0 aromatic heterocycles. The van der Waals surface area contributed by atoms with Gasteiger partial charge in [-0.05, 0) is 40.7 Å². The van der Waals surface area contributed by atoms with Crippen molar-refractivity contribution in [1.82, 2.24) is 0 Å². The number of ether oxygens (including phenoxy) is 1. The first-order valence-corrected chi connectivity index (χ1v) is 10.7. The summed E-state index contributed by atoms with van der Waals surface area (Å²) < 4.78 is 12.3. The lowest BCUT2D eigenvalue weighted by atomic mass is 10.1. The van der Waals surface area contributed by atoms with Crippen molar-refractivity contribution in [2.24, 2.45) is 0 Å². The Labute approximate surface area is 142 Å². The zero-order valence-corrected chi connectivity index (χ0v) is 16.7. The number of aryl methyl sites for hydroxylation is 1. The molecule has 0 heterocycles. The van der Waals surface area contributed by atoms with E-state index in [-0.39, 0.29) is 0 Å². The molecular formula is C19H32O3Si. The van der Waals surface area contributed by atoms with E-state index in [0.29, 0.717) is 23.0 Å². The minimum atomic E-state index is -2.00. The number of carbonyl (C=O) groups excluding carboxylic acids is 1. The third kappa shape index (κ3) is 4.37. The average molecular weight is 337 g/mol. The summed E-state index contributed by atoms with van der Waals surface area (Å²) >= 11 is 0. The maximum atomic E-state index is 10.6. The molecule has 0 unspecified atom stereocenters. The van der Waals surface area contributed by atoms with Crippen LogP contribution in [-0.4, -0.2) is 21.7 Å². The molecule has 0 radical (unpaired) electrons. The molecule has 0 N–H and O–H groups in total. The number of aldehydes is 1. The highest BCUT2D eigenvalue weighted by molar-refractivity contribution is 6.78. The van der Waals surface area contributed by atoms with Crippen LogP contribution in [0.4, 0.5) is 0 Å². The van der Waals surface area contributed by atoms with Crippen LogP contribution in [0.25, 0.3) is 0 Å². The molecule has 0 fully saturated rings.